The number of sulfone groups is 1. The number of aliphatic imine (C=N–C) groups is 1. The van der Waals surface area contributed by atoms with E-state index in [0.717, 1.165) is 0 Å². The number of rotatable bonds is 10. The number of nitrogens with zero attached hydrogens (tertiary/aromatic N) is 1. The van der Waals surface area contributed by atoms with E-state index in [4.69, 9.17) is 4.74 Å². The standard InChI is InChI=1S/C17H28FN3O4S.HI/c1-4-19-17(21-13(2)9-10-26(3,23)24)20-11-15(22)12-25-16-7-5-14(18)6-8-16;/h5-8,13,15,22H,4,9-12H2,1-3H3,(H2,19,20,21);1H. The van der Waals surface area contributed by atoms with E-state index in [1.165, 1.54) is 30.5 Å². The van der Waals surface area contributed by atoms with E-state index in [-0.39, 0.29) is 54.7 Å². The summed E-state index contributed by atoms with van der Waals surface area (Å²) in [5.74, 6) is 0.700. The second kappa shape index (κ2) is 13.1. The molecule has 3 N–H and O–H groups in total. The van der Waals surface area contributed by atoms with Gasteiger partial charge in [-0.2, -0.15) is 0 Å². The summed E-state index contributed by atoms with van der Waals surface area (Å²) < 4.78 is 40.7. The summed E-state index contributed by atoms with van der Waals surface area (Å²) in [6, 6.07) is 5.45. The fraction of sp³-hybridized carbons (Fsp3) is 0.588. The third-order valence-electron chi connectivity index (χ3n) is 3.37. The molecule has 0 radical (unpaired) electrons. The zero-order valence-electron chi connectivity index (χ0n) is 15.8. The maximum atomic E-state index is 12.8. The van der Waals surface area contributed by atoms with Crippen LogP contribution in [0, 0.1) is 5.82 Å². The van der Waals surface area contributed by atoms with Crippen molar-refractivity contribution in [1.29, 1.82) is 0 Å². The summed E-state index contributed by atoms with van der Waals surface area (Å²) in [4.78, 5) is 4.28. The molecule has 0 saturated carbocycles. The predicted molar refractivity (Wildman–Crippen MR) is 116 cm³/mol. The molecule has 0 amide bonds. The van der Waals surface area contributed by atoms with E-state index in [0.29, 0.717) is 24.7 Å². The van der Waals surface area contributed by atoms with Crippen LogP contribution in [0.3, 0.4) is 0 Å². The molecular formula is C17H29FIN3O4S. The minimum atomic E-state index is -3.01. The largest absolute Gasteiger partial charge is 0.491 e. The van der Waals surface area contributed by atoms with Gasteiger partial charge in [0, 0.05) is 18.8 Å². The number of ether oxygens (including phenoxy) is 1. The molecule has 0 aromatic heterocycles. The van der Waals surface area contributed by atoms with Gasteiger partial charge in [0.15, 0.2) is 5.96 Å². The molecule has 1 rings (SSSR count). The predicted octanol–water partition coefficient (Wildman–Crippen LogP) is 1.56. The van der Waals surface area contributed by atoms with Crippen LogP contribution in [-0.2, 0) is 9.84 Å². The Morgan fingerprint density at radius 3 is 2.52 bits per heavy atom. The first kappa shape index (κ1) is 25.9. The van der Waals surface area contributed by atoms with Crippen molar-refractivity contribution in [3.8, 4) is 5.75 Å². The van der Waals surface area contributed by atoms with Crippen LogP contribution < -0.4 is 15.4 Å². The van der Waals surface area contributed by atoms with Crippen LogP contribution in [0.5, 0.6) is 5.75 Å². The summed E-state index contributed by atoms with van der Waals surface area (Å²) in [6.45, 7) is 4.54. The first-order chi connectivity index (χ1) is 12.2. The van der Waals surface area contributed by atoms with Gasteiger partial charge in [-0.3, -0.25) is 4.99 Å². The molecule has 27 heavy (non-hydrogen) atoms. The number of nitrogens with one attached hydrogen (secondary N) is 2. The third kappa shape index (κ3) is 12.8. The van der Waals surface area contributed by atoms with Crippen LogP contribution in [0.15, 0.2) is 29.3 Å². The maximum absolute atomic E-state index is 12.8. The normalized spacial score (nSPS) is 14.0. The fourth-order valence-electron chi connectivity index (χ4n) is 1.99. The van der Waals surface area contributed by atoms with Crippen molar-refractivity contribution >= 4 is 39.8 Å². The topological polar surface area (TPSA) is 100 Å². The number of halogens is 2. The lowest BCUT2D eigenvalue weighted by Gasteiger charge is -2.18. The Morgan fingerprint density at radius 1 is 1.33 bits per heavy atom. The molecule has 1 aromatic carbocycles. The summed E-state index contributed by atoms with van der Waals surface area (Å²) >= 11 is 0. The van der Waals surface area contributed by atoms with Gasteiger partial charge in [0.25, 0.3) is 0 Å². The Bertz CT molecular complexity index is 671. The van der Waals surface area contributed by atoms with E-state index < -0.39 is 15.9 Å². The van der Waals surface area contributed by atoms with Crippen LogP contribution in [0.2, 0.25) is 0 Å². The third-order valence-corrected chi connectivity index (χ3v) is 4.34. The molecule has 0 aliphatic rings. The number of aliphatic hydroxyl groups excluding tert-OH is 1. The van der Waals surface area contributed by atoms with Gasteiger partial charge in [0.05, 0.1) is 12.3 Å². The van der Waals surface area contributed by atoms with Crippen molar-refractivity contribution in [2.24, 2.45) is 4.99 Å². The Morgan fingerprint density at radius 2 is 1.96 bits per heavy atom. The van der Waals surface area contributed by atoms with Crippen LogP contribution in [0.1, 0.15) is 20.3 Å². The molecular weight excluding hydrogens is 488 g/mol. The second-order valence-corrected chi connectivity index (χ2v) is 8.36. The average molecular weight is 517 g/mol. The Hall–Kier alpha value is -1.14. The minimum absolute atomic E-state index is 0. The lowest BCUT2D eigenvalue weighted by molar-refractivity contribution is 0.114. The molecule has 0 aliphatic carbocycles. The zero-order valence-corrected chi connectivity index (χ0v) is 19.0. The molecule has 1 aromatic rings. The zero-order chi connectivity index (χ0) is 19.6. The smallest absolute Gasteiger partial charge is 0.191 e. The van der Waals surface area contributed by atoms with E-state index >= 15 is 0 Å². The van der Waals surface area contributed by atoms with Crippen molar-refractivity contribution in [3.63, 3.8) is 0 Å². The highest BCUT2D eigenvalue weighted by molar-refractivity contribution is 14.0. The van der Waals surface area contributed by atoms with Crippen molar-refractivity contribution in [2.75, 3.05) is 31.7 Å². The number of guanidine groups is 1. The summed E-state index contributed by atoms with van der Waals surface area (Å²) in [5.41, 5.74) is 0. The molecule has 7 nitrogen and oxygen atoms in total. The minimum Gasteiger partial charge on any atom is -0.491 e. The van der Waals surface area contributed by atoms with E-state index in [2.05, 4.69) is 15.6 Å². The van der Waals surface area contributed by atoms with Gasteiger partial charge in [-0.1, -0.05) is 0 Å². The Balaban J connectivity index is 0.00000676. The van der Waals surface area contributed by atoms with Crippen molar-refractivity contribution in [1.82, 2.24) is 10.6 Å². The second-order valence-electron chi connectivity index (χ2n) is 6.10. The highest BCUT2D eigenvalue weighted by atomic mass is 127. The highest BCUT2D eigenvalue weighted by Gasteiger charge is 2.11. The number of aliphatic hydroxyl groups is 1. The van der Waals surface area contributed by atoms with Crippen molar-refractivity contribution in [3.05, 3.63) is 30.1 Å². The molecule has 0 aliphatic heterocycles. The van der Waals surface area contributed by atoms with Crippen LogP contribution in [0.25, 0.3) is 0 Å². The van der Waals surface area contributed by atoms with Gasteiger partial charge in [0.1, 0.15) is 34.1 Å². The van der Waals surface area contributed by atoms with Crippen molar-refractivity contribution < 1.29 is 22.7 Å². The number of benzene rings is 1. The lowest BCUT2D eigenvalue weighted by atomic mass is 10.3. The molecule has 10 heteroatoms. The number of hydrogen-bond acceptors (Lipinski definition) is 5. The molecule has 2 unspecified atom stereocenters. The van der Waals surface area contributed by atoms with Gasteiger partial charge in [0.2, 0.25) is 0 Å². The van der Waals surface area contributed by atoms with E-state index in [9.17, 15) is 17.9 Å². The van der Waals surface area contributed by atoms with Crippen LogP contribution >= 0.6 is 24.0 Å². The fourth-order valence-corrected chi connectivity index (χ4v) is 2.77. The van der Waals surface area contributed by atoms with E-state index in [1.54, 1.807) is 0 Å². The monoisotopic (exact) mass is 517 g/mol. The van der Waals surface area contributed by atoms with Gasteiger partial charge >= 0.3 is 0 Å². The van der Waals surface area contributed by atoms with Gasteiger partial charge in [-0.25, -0.2) is 12.8 Å². The Labute approximate surface area is 177 Å². The van der Waals surface area contributed by atoms with Crippen LogP contribution in [0.4, 0.5) is 4.39 Å². The molecule has 0 bridgehead atoms. The summed E-state index contributed by atoms with van der Waals surface area (Å²) in [7, 11) is -3.01. The first-order valence-corrected chi connectivity index (χ1v) is 10.5. The molecule has 2 atom stereocenters. The first-order valence-electron chi connectivity index (χ1n) is 8.48. The molecule has 0 spiro atoms. The molecule has 0 heterocycles. The number of hydrogen-bond donors (Lipinski definition) is 3. The lowest BCUT2D eigenvalue weighted by Crippen LogP contribution is -2.43. The summed E-state index contributed by atoms with van der Waals surface area (Å²) in [5, 5.41) is 16.1. The molecule has 156 valence electrons. The SMILES string of the molecule is CCNC(=NCC(O)COc1ccc(F)cc1)NC(C)CCS(C)(=O)=O.I. The molecule has 0 saturated heterocycles. The summed E-state index contributed by atoms with van der Waals surface area (Å²) in [6.07, 6.45) is 0.831. The maximum Gasteiger partial charge on any atom is 0.191 e. The highest BCUT2D eigenvalue weighted by Crippen LogP contribution is 2.11. The molecule has 0 fully saturated rings. The van der Waals surface area contributed by atoms with Gasteiger partial charge < -0.3 is 20.5 Å². The Kier molecular flexibility index (Phi) is 12.6. The quantitative estimate of drug-likeness (QED) is 0.248. The van der Waals surface area contributed by atoms with Crippen molar-refractivity contribution in [2.45, 2.75) is 32.4 Å². The van der Waals surface area contributed by atoms with Gasteiger partial charge in [-0.15, -0.1) is 24.0 Å². The average Bonchev–Trinajstić information content (AvgIpc) is 2.57. The van der Waals surface area contributed by atoms with Gasteiger partial charge in [-0.05, 0) is 44.5 Å². The van der Waals surface area contributed by atoms with E-state index in [1.807, 2.05) is 13.8 Å². The van der Waals surface area contributed by atoms with Crippen LogP contribution in [-0.4, -0.2) is 63.3 Å².